The zero-order chi connectivity index (χ0) is 11.1. The molecule has 1 fully saturated rings. The van der Waals surface area contributed by atoms with Gasteiger partial charge in [-0.05, 0) is 0 Å². The largest absolute Gasteiger partial charge is 0.417 e. The van der Waals surface area contributed by atoms with E-state index in [1.807, 2.05) is 0 Å². The molecule has 1 unspecified atom stereocenters. The van der Waals surface area contributed by atoms with E-state index < -0.39 is 36.9 Å². The molecule has 0 spiro atoms. The highest BCUT2D eigenvalue weighted by atomic mass is 19.4. The highest BCUT2D eigenvalue weighted by Crippen LogP contribution is 2.32. The summed E-state index contributed by atoms with van der Waals surface area (Å²) in [6.07, 6.45) is -16.1. The van der Waals surface area contributed by atoms with Crippen molar-refractivity contribution in [2.45, 2.75) is 36.9 Å². The molecule has 14 heavy (non-hydrogen) atoms. The van der Waals surface area contributed by atoms with E-state index in [1.54, 1.807) is 0 Å². The Morgan fingerprint density at radius 2 is 1.36 bits per heavy atom. The van der Waals surface area contributed by atoms with Crippen molar-refractivity contribution in [2.75, 3.05) is 0 Å². The fraction of sp³-hybridized carbons (Fsp3) is 1.00. The van der Waals surface area contributed by atoms with Gasteiger partial charge in [-0.2, -0.15) is 13.2 Å². The average Bonchev–Trinajstić information content (AvgIpc) is 2.06. The summed E-state index contributed by atoms with van der Waals surface area (Å²) in [5, 5.41) is 35.4. The predicted octanol–water partition coefficient (Wildman–Crippen LogP) is -1.65. The lowest BCUT2D eigenvalue weighted by atomic mass is 9.99. The lowest BCUT2D eigenvalue weighted by molar-refractivity contribution is -0.345. The van der Waals surface area contributed by atoms with Gasteiger partial charge in [-0.15, -0.1) is 0 Å². The Morgan fingerprint density at radius 3 is 1.79 bits per heavy atom. The lowest BCUT2D eigenvalue weighted by Crippen LogP contribution is -2.61. The Kier molecular flexibility index (Phi) is 3.02. The van der Waals surface area contributed by atoms with Crippen molar-refractivity contribution in [3.63, 3.8) is 0 Å². The van der Waals surface area contributed by atoms with E-state index in [4.69, 9.17) is 20.4 Å². The summed E-state index contributed by atoms with van der Waals surface area (Å²) in [4.78, 5) is 0. The molecular weight excluding hydrogens is 209 g/mol. The SMILES string of the molecule is OC1O[C@H](C(F)(F)F)[C@H](O)[C@H](O)[C@H]1O. The van der Waals surface area contributed by atoms with E-state index >= 15 is 0 Å². The van der Waals surface area contributed by atoms with Crippen LogP contribution in [0, 0.1) is 0 Å². The first-order valence-corrected chi connectivity index (χ1v) is 3.69. The van der Waals surface area contributed by atoms with Gasteiger partial charge in [0.25, 0.3) is 0 Å². The molecule has 0 saturated carbocycles. The van der Waals surface area contributed by atoms with Crippen LogP contribution in [0.4, 0.5) is 13.2 Å². The van der Waals surface area contributed by atoms with E-state index in [2.05, 4.69) is 4.74 Å². The summed E-state index contributed by atoms with van der Waals surface area (Å²) in [5.74, 6) is 0. The molecular formula is C6H9F3O5. The van der Waals surface area contributed by atoms with Gasteiger partial charge in [0, 0.05) is 0 Å². The second-order valence-electron chi connectivity index (χ2n) is 2.96. The molecule has 0 aromatic heterocycles. The molecule has 84 valence electrons. The van der Waals surface area contributed by atoms with Crippen molar-refractivity contribution in [3.8, 4) is 0 Å². The van der Waals surface area contributed by atoms with Gasteiger partial charge in [0.2, 0.25) is 0 Å². The summed E-state index contributed by atoms with van der Waals surface area (Å²) in [6, 6.07) is 0. The van der Waals surface area contributed by atoms with Crippen LogP contribution in [0.25, 0.3) is 0 Å². The summed E-state index contributed by atoms with van der Waals surface area (Å²) < 4.78 is 40.1. The lowest BCUT2D eigenvalue weighted by Gasteiger charge is -2.38. The van der Waals surface area contributed by atoms with Gasteiger partial charge < -0.3 is 25.2 Å². The van der Waals surface area contributed by atoms with Crippen LogP contribution in [-0.4, -0.2) is 57.3 Å². The van der Waals surface area contributed by atoms with E-state index in [0.717, 1.165) is 0 Å². The van der Waals surface area contributed by atoms with Gasteiger partial charge in [0.1, 0.15) is 18.3 Å². The van der Waals surface area contributed by atoms with Crippen LogP contribution in [0.5, 0.6) is 0 Å². The predicted molar refractivity (Wildman–Crippen MR) is 35.0 cm³/mol. The normalized spacial score (nSPS) is 45.2. The van der Waals surface area contributed by atoms with Crippen LogP contribution < -0.4 is 0 Å². The number of rotatable bonds is 0. The molecule has 0 bridgehead atoms. The molecule has 1 saturated heterocycles. The minimum absolute atomic E-state index is 1.96. The van der Waals surface area contributed by atoms with Crippen molar-refractivity contribution >= 4 is 0 Å². The van der Waals surface area contributed by atoms with Crippen molar-refractivity contribution in [2.24, 2.45) is 0 Å². The molecule has 5 atom stereocenters. The molecule has 4 N–H and O–H groups in total. The zero-order valence-electron chi connectivity index (χ0n) is 6.72. The van der Waals surface area contributed by atoms with Crippen molar-refractivity contribution in [1.29, 1.82) is 0 Å². The first kappa shape index (κ1) is 11.7. The number of ether oxygens (including phenoxy) is 1. The molecule has 1 rings (SSSR count). The van der Waals surface area contributed by atoms with Gasteiger partial charge >= 0.3 is 6.18 Å². The minimum atomic E-state index is -4.92. The summed E-state index contributed by atoms with van der Waals surface area (Å²) in [5.41, 5.74) is 0. The summed E-state index contributed by atoms with van der Waals surface area (Å²) >= 11 is 0. The van der Waals surface area contributed by atoms with Crippen LogP contribution in [-0.2, 0) is 4.74 Å². The van der Waals surface area contributed by atoms with Crippen LogP contribution >= 0.6 is 0 Å². The average molecular weight is 218 g/mol. The maximum atomic E-state index is 12.1. The molecule has 0 aromatic rings. The van der Waals surface area contributed by atoms with Crippen molar-refractivity contribution < 1.29 is 38.3 Å². The number of aliphatic hydroxyl groups is 4. The van der Waals surface area contributed by atoms with Gasteiger partial charge in [0.15, 0.2) is 12.4 Å². The first-order chi connectivity index (χ1) is 6.25. The molecule has 0 aromatic carbocycles. The second kappa shape index (κ2) is 3.63. The highest BCUT2D eigenvalue weighted by molar-refractivity contribution is 4.91. The number of hydrogen-bond donors (Lipinski definition) is 4. The van der Waals surface area contributed by atoms with E-state index in [0.29, 0.717) is 0 Å². The second-order valence-corrected chi connectivity index (χ2v) is 2.96. The number of alkyl halides is 3. The van der Waals surface area contributed by atoms with Crippen LogP contribution in [0.3, 0.4) is 0 Å². The molecule has 5 nitrogen and oxygen atoms in total. The Balaban J connectivity index is 2.81. The van der Waals surface area contributed by atoms with Crippen LogP contribution in [0.15, 0.2) is 0 Å². The summed E-state index contributed by atoms with van der Waals surface area (Å²) in [6.45, 7) is 0. The molecule has 0 radical (unpaired) electrons. The Bertz CT molecular complexity index is 208. The third-order valence-electron chi connectivity index (χ3n) is 1.91. The molecule has 8 heteroatoms. The first-order valence-electron chi connectivity index (χ1n) is 3.69. The third-order valence-corrected chi connectivity index (χ3v) is 1.91. The Morgan fingerprint density at radius 1 is 0.857 bits per heavy atom. The Hall–Kier alpha value is -0.410. The maximum absolute atomic E-state index is 12.1. The number of halogens is 3. The van der Waals surface area contributed by atoms with Gasteiger partial charge in [-0.25, -0.2) is 0 Å². The standard InChI is InChI=1S/C6H9F3O5/c7-6(8,9)4-2(11)1(10)3(12)5(13)14-4/h1-5,10-13H/t1-,2+,3+,4-,5?/m0/s1. The minimum Gasteiger partial charge on any atom is -0.387 e. The van der Waals surface area contributed by atoms with Gasteiger partial charge in [0.05, 0.1) is 0 Å². The number of aliphatic hydroxyl groups excluding tert-OH is 4. The smallest absolute Gasteiger partial charge is 0.387 e. The van der Waals surface area contributed by atoms with Crippen molar-refractivity contribution in [3.05, 3.63) is 0 Å². The third kappa shape index (κ3) is 1.98. The molecule has 0 aliphatic carbocycles. The van der Waals surface area contributed by atoms with Gasteiger partial charge in [-0.1, -0.05) is 0 Å². The highest BCUT2D eigenvalue weighted by Gasteiger charge is 2.54. The molecule has 1 heterocycles. The molecule has 0 amide bonds. The quantitative estimate of drug-likeness (QED) is 0.391. The fourth-order valence-electron chi connectivity index (χ4n) is 1.13. The zero-order valence-corrected chi connectivity index (χ0v) is 6.72. The van der Waals surface area contributed by atoms with Gasteiger partial charge in [-0.3, -0.25) is 0 Å². The van der Waals surface area contributed by atoms with Crippen LogP contribution in [0.2, 0.25) is 0 Å². The van der Waals surface area contributed by atoms with E-state index in [9.17, 15) is 13.2 Å². The molecule has 1 aliphatic rings. The fourth-order valence-corrected chi connectivity index (χ4v) is 1.13. The Labute approximate surface area is 76.3 Å². The van der Waals surface area contributed by atoms with Crippen molar-refractivity contribution in [1.82, 2.24) is 0 Å². The van der Waals surface area contributed by atoms with E-state index in [-0.39, 0.29) is 0 Å². The molecule has 1 aliphatic heterocycles. The topological polar surface area (TPSA) is 90.2 Å². The van der Waals surface area contributed by atoms with Crippen LogP contribution in [0.1, 0.15) is 0 Å². The number of hydrogen-bond acceptors (Lipinski definition) is 5. The maximum Gasteiger partial charge on any atom is 0.417 e. The summed E-state index contributed by atoms with van der Waals surface area (Å²) in [7, 11) is 0. The van der Waals surface area contributed by atoms with E-state index in [1.165, 1.54) is 0 Å². The monoisotopic (exact) mass is 218 g/mol.